The molecule has 0 aliphatic rings. The van der Waals surface area contributed by atoms with E-state index in [2.05, 4.69) is 21.2 Å². The van der Waals surface area contributed by atoms with E-state index in [4.69, 9.17) is 9.15 Å². The minimum atomic E-state index is 0.0481. The van der Waals surface area contributed by atoms with Gasteiger partial charge in [-0.05, 0) is 59.7 Å². The Morgan fingerprint density at radius 3 is 2.44 bits per heavy atom. The second-order valence-corrected chi connectivity index (χ2v) is 4.65. The Balaban J connectivity index is 2.22. The molecule has 1 heterocycles. The fourth-order valence-electron chi connectivity index (χ4n) is 1.88. The van der Waals surface area contributed by atoms with E-state index in [-0.39, 0.29) is 6.04 Å². The highest BCUT2D eigenvalue weighted by Crippen LogP contribution is 2.27. The molecule has 0 spiro atoms. The van der Waals surface area contributed by atoms with Crippen LogP contribution in [0.2, 0.25) is 0 Å². The van der Waals surface area contributed by atoms with Gasteiger partial charge in [0.05, 0.1) is 12.6 Å². The molecule has 2 aromatic rings. The number of ether oxygens (including phenoxy) is 1. The summed E-state index contributed by atoms with van der Waals surface area (Å²) in [6.07, 6.45) is 0. The van der Waals surface area contributed by atoms with Crippen LogP contribution in [0.3, 0.4) is 0 Å². The molecular weight excluding hydrogens is 294 g/mol. The smallest absolute Gasteiger partial charge is 0.169 e. The fourth-order valence-corrected chi connectivity index (χ4v) is 2.20. The zero-order chi connectivity index (χ0) is 13.0. The van der Waals surface area contributed by atoms with Gasteiger partial charge in [0, 0.05) is 0 Å². The van der Waals surface area contributed by atoms with Crippen molar-refractivity contribution in [1.82, 2.24) is 5.32 Å². The van der Waals surface area contributed by atoms with Crippen LogP contribution in [0.4, 0.5) is 0 Å². The van der Waals surface area contributed by atoms with E-state index in [1.165, 1.54) is 0 Å². The first kappa shape index (κ1) is 13.2. The second-order valence-electron chi connectivity index (χ2n) is 3.87. The summed E-state index contributed by atoms with van der Waals surface area (Å²) in [7, 11) is 1.91. The van der Waals surface area contributed by atoms with E-state index in [0.29, 0.717) is 6.61 Å². The van der Waals surface area contributed by atoms with Gasteiger partial charge in [-0.2, -0.15) is 0 Å². The summed E-state index contributed by atoms with van der Waals surface area (Å²) < 4.78 is 11.8. The Morgan fingerprint density at radius 1 is 1.22 bits per heavy atom. The number of hydrogen-bond donors (Lipinski definition) is 1. The van der Waals surface area contributed by atoms with Crippen molar-refractivity contribution in [2.75, 3.05) is 13.7 Å². The summed E-state index contributed by atoms with van der Waals surface area (Å²) in [6.45, 7) is 2.66. The van der Waals surface area contributed by atoms with Crippen molar-refractivity contribution in [2.45, 2.75) is 13.0 Å². The topological polar surface area (TPSA) is 34.4 Å². The van der Waals surface area contributed by atoms with E-state index >= 15 is 0 Å². The second kappa shape index (κ2) is 6.07. The summed E-state index contributed by atoms with van der Waals surface area (Å²) in [6, 6.07) is 11.9. The van der Waals surface area contributed by atoms with Gasteiger partial charge in [0.25, 0.3) is 0 Å². The highest BCUT2D eigenvalue weighted by molar-refractivity contribution is 9.10. The van der Waals surface area contributed by atoms with E-state index in [0.717, 1.165) is 21.7 Å². The van der Waals surface area contributed by atoms with Crippen LogP contribution in [0.1, 0.15) is 24.3 Å². The molecule has 1 unspecified atom stereocenters. The Bertz CT molecular complexity index is 493. The van der Waals surface area contributed by atoms with Crippen LogP contribution in [-0.4, -0.2) is 13.7 Å². The average molecular weight is 310 g/mol. The van der Waals surface area contributed by atoms with E-state index < -0.39 is 0 Å². The molecule has 1 aromatic heterocycles. The maximum absolute atomic E-state index is 5.59. The summed E-state index contributed by atoms with van der Waals surface area (Å²) >= 11 is 3.32. The lowest BCUT2D eigenvalue weighted by Crippen LogP contribution is -2.16. The molecule has 1 N–H and O–H groups in total. The van der Waals surface area contributed by atoms with Gasteiger partial charge >= 0.3 is 0 Å². The lowest BCUT2D eigenvalue weighted by molar-refractivity contribution is 0.340. The third-order valence-electron chi connectivity index (χ3n) is 2.69. The molecule has 2 rings (SSSR count). The van der Waals surface area contributed by atoms with E-state index in [9.17, 15) is 0 Å². The number of furan rings is 1. The summed E-state index contributed by atoms with van der Waals surface area (Å²) in [4.78, 5) is 0. The number of hydrogen-bond acceptors (Lipinski definition) is 3. The molecular formula is C14H16BrNO2. The molecule has 0 saturated carbocycles. The molecule has 1 aromatic carbocycles. The summed E-state index contributed by atoms with van der Waals surface area (Å²) in [5.74, 6) is 1.77. The van der Waals surface area contributed by atoms with E-state index in [1.807, 2.05) is 50.4 Å². The molecule has 0 amide bonds. The Labute approximate surface area is 115 Å². The molecule has 0 radical (unpaired) electrons. The highest BCUT2D eigenvalue weighted by Gasteiger charge is 2.15. The average Bonchev–Trinajstić information content (AvgIpc) is 2.79. The third-order valence-corrected chi connectivity index (χ3v) is 3.12. The Morgan fingerprint density at radius 2 is 1.94 bits per heavy atom. The molecule has 0 fully saturated rings. The quantitative estimate of drug-likeness (QED) is 0.913. The van der Waals surface area contributed by atoms with Crippen molar-refractivity contribution in [2.24, 2.45) is 0 Å². The van der Waals surface area contributed by atoms with Gasteiger partial charge < -0.3 is 14.5 Å². The lowest BCUT2D eigenvalue weighted by atomic mass is 10.0. The highest BCUT2D eigenvalue weighted by atomic mass is 79.9. The minimum Gasteiger partial charge on any atom is -0.494 e. The molecule has 18 heavy (non-hydrogen) atoms. The molecule has 96 valence electrons. The minimum absolute atomic E-state index is 0.0481. The first-order valence-electron chi connectivity index (χ1n) is 5.90. The van der Waals surface area contributed by atoms with Gasteiger partial charge in [0.1, 0.15) is 11.5 Å². The van der Waals surface area contributed by atoms with Crippen LogP contribution in [0, 0.1) is 0 Å². The molecule has 4 heteroatoms. The number of benzene rings is 1. The third kappa shape index (κ3) is 2.94. The van der Waals surface area contributed by atoms with Crippen molar-refractivity contribution >= 4 is 15.9 Å². The maximum atomic E-state index is 5.59. The largest absolute Gasteiger partial charge is 0.494 e. The van der Waals surface area contributed by atoms with Crippen molar-refractivity contribution in [3.63, 3.8) is 0 Å². The monoisotopic (exact) mass is 309 g/mol. The van der Waals surface area contributed by atoms with Crippen molar-refractivity contribution in [3.05, 3.63) is 52.4 Å². The Hall–Kier alpha value is -1.26. The molecule has 0 aliphatic carbocycles. The van der Waals surface area contributed by atoms with Crippen LogP contribution in [0.25, 0.3) is 0 Å². The Kier molecular flexibility index (Phi) is 4.44. The fraction of sp³-hybridized carbons (Fsp3) is 0.286. The van der Waals surface area contributed by atoms with Crippen LogP contribution in [-0.2, 0) is 0 Å². The predicted molar refractivity (Wildman–Crippen MR) is 74.9 cm³/mol. The van der Waals surface area contributed by atoms with Crippen LogP contribution >= 0.6 is 15.9 Å². The van der Waals surface area contributed by atoms with Crippen molar-refractivity contribution < 1.29 is 9.15 Å². The summed E-state index contributed by atoms with van der Waals surface area (Å²) in [5, 5.41) is 3.24. The normalized spacial score (nSPS) is 12.4. The van der Waals surface area contributed by atoms with Gasteiger partial charge in [0.15, 0.2) is 4.67 Å². The number of rotatable bonds is 5. The SMILES string of the molecule is CCOc1ccc(C(NC)c2ccc(Br)o2)cc1. The van der Waals surface area contributed by atoms with Crippen molar-refractivity contribution in [1.29, 1.82) is 0 Å². The summed E-state index contributed by atoms with van der Waals surface area (Å²) in [5.41, 5.74) is 1.14. The van der Waals surface area contributed by atoms with Gasteiger partial charge in [-0.25, -0.2) is 0 Å². The first-order chi connectivity index (χ1) is 8.74. The van der Waals surface area contributed by atoms with Gasteiger partial charge in [-0.15, -0.1) is 0 Å². The molecule has 1 atom stereocenters. The van der Waals surface area contributed by atoms with Crippen LogP contribution in [0.15, 0.2) is 45.5 Å². The van der Waals surface area contributed by atoms with Gasteiger partial charge in [0.2, 0.25) is 0 Å². The predicted octanol–water partition coefficient (Wildman–Crippen LogP) is 3.75. The molecule has 3 nitrogen and oxygen atoms in total. The molecule has 0 bridgehead atoms. The van der Waals surface area contributed by atoms with Crippen LogP contribution < -0.4 is 10.1 Å². The first-order valence-corrected chi connectivity index (χ1v) is 6.69. The molecule has 0 saturated heterocycles. The van der Waals surface area contributed by atoms with Gasteiger partial charge in [-0.3, -0.25) is 0 Å². The maximum Gasteiger partial charge on any atom is 0.169 e. The number of nitrogens with one attached hydrogen (secondary N) is 1. The standard InChI is InChI=1S/C14H16BrNO2/c1-3-17-11-6-4-10(5-7-11)14(16-2)12-8-9-13(15)18-12/h4-9,14,16H,3H2,1-2H3. The van der Waals surface area contributed by atoms with E-state index in [1.54, 1.807) is 0 Å². The lowest BCUT2D eigenvalue weighted by Gasteiger charge is -2.14. The van der Waals surface area contributed by atoms with Crippen LogP contribution in [0.5, 0.6) is 5.75 Å². The zero-order valence-electron chi connectivity index (χ0n) is 10.4. The van der Waals surface area contributed by atoms with Crippen molar-refractivity contribution in [3.8, 4) is 5.75 Å². The number of halogens is 1. The molecule has 0 aliphatic heterocycles. The zero-order valence-corrected chi connectivity index (χ0v) is 12.0. The van der Waals surface area contributed by atoms with Gasteiger partial charge in [-0.1, -0.05) is 12.1 Å².